The third-order valence-corrected chi connectivity index (χ3v) is 5.45. The Morgan fingerprint density at radius 3 is 3.04 bits per heavy atom. The van der Waals surface area contributed by atoms with E-state index in [1.807, 2.05) is 12.3 Å². The highest BCUT2D eigenvalue weighted by Gasteiger charge is 2.25. The fourth-order valence-corrected chi connectivity index (χ4v) is 4.05. The fraction of sp³-hybridized carbons (Fsp3) is 0.500. The van der Waals surface area contributed by atoms with Crippen molar-refractivity contribution in [1.82, 2.24) is 19.8 Å². The van der Waals surface area contributed by atoms with Gasteiger partial charge in [0.1, 0.15) is 0 Å². The van der Waals surface area contributed by atoms with E-state index >= 15 is 0 Å². The van der Waals surface area contributed by atoms with Crippen molar-refractivity contribution >= 4 is 22.4 Å². The number of aromatic nitrogens is 2. The number of amides is 1. The number of hydrogen-bond acceptors (Lipinski definition) is 7. The van der Waals surface area contributed by atoms with Crippen LogP contribution in [0.4, 0.5) is 5.13 Å². The van der Waals surface area contributed by atoms with E-state index in [0.717, 1.165) is 32.6 Å². The van der Waals surface area contributed by atoms with Gasteiger partial charge in [0.25, 0.3) is 0 Å². The number of rotatable bonds is 6. The number of anilines is 1. The van der Waals surface area contributed by atoms with Crippen molar-refractivity contribution in [2.75, 3.05) is 39.1 Å². The summed E-state index contributed by atoms with van der Waals surface area (Å²) >= 11 is 1.54. The van der Waals surface area contributed by atoms with Crippen LogP contribution in [0.3, 0.4) is 0 Å². The second-order valence-corrected chi connectivity index (χ2v) is 7.71. The van der Waals surface area contributed by atoms with Crippen molar-refractivity contribution in [3.05, 3.63) is 35.0 Å². The van der Waals surface area contributed by atoms with Gasteiger partial charge < -0.3 is 15.0 Å². The van der Waals surface area contributed by atoms with Crippen molar-refractivity contribution in [2.45, 2.75) is 25.9 Å². The number of ether oxygens (including phenoxy) is 1. The molecule has 2 aromatic heterocycles. The molecule has 7 nitrogen and oxygen atoms in total. The number of piperazine rings is 1. The number of carbonyl (C=O) groups is 1. The minimum Gasteiger partial charge on any atom is -0.481 e. The molecule has 1 N–H and O–H groups in total. The molecule has 1 saturated heterocycles. The minimum atomic E-state index is -0.0849. The van der Waals surface area contributed by atoms with Gasteiger partial charge in [-0.05, 0) is 25.1 Å². The van der Waals surface area contributed by atoms with Crippen LogP contribution in [0.1, 0.15) is 17.4 Å². The molecule has 3 heterocycles. The van der Waals surface area contributed by atoms with E-state index in [-0.39, 0.29) is 5.91 Å². The Kier molecular flexibility index (Phi) is 6.18. The Morgan fingerprint density at radius 2 is 2.27 bits per heavy atom. The lowest BCUT2D eigenvalue weighted by atomic mass is 10.0. The zero-order valence-corrected chi connectivity index (χ0v) is 16.3. The highest BCUT2D eigenvalue weighted by atomic mass is 32.1. The molecule has 0 spiro atoms. The summed E-state index contributed by atoms with van der Waals surface area (Å²) in [6, 6.07) is 4.51. The molecule has 3 rings (SSSR count). The SMILES string of the molecule is COc1cc(C[C@H]2CN(Cc3cnc(NC(C)=O)s3)CCN2C)ccn1. The van der Waals surface area contributed by atoms with Crippen LogP contribution in [0.5, 0.6) is 5.88 Å². The Balaban J connectivity index is 1.60. The molecular formula is C18H25N5O2S. The molecule has 0 aromatic carbocycles. The van der Waals surface area contributed by atoms with Crippen LogP contribution >= 0.6 is 11.3 Å². The second kappa shape index (κ2) is 8.57. The van der Waals surface area contributed by atoms with E-state index in [4.69, 9.17) is 4.74 Å². The van der Waals surface area contributed by atoms with Gasteiger partial charge in [0.05, 0.1) is 7.11 Å². The van der Waals surface area contributed by atoms with Gasteiger partial charge in [0, 0.05) is 62.5 Å². The number of carbonyl (C=O) groups excluding carboxylic acids is 1. The summed E-state index contributed by atoms with van der Waals surface area (Å²) in [5.41, 5.74) is 1.24. The van der Waals surface area contributed by atoms with Crippen molar-refractivity contribution in [3.63, 3.8) is 0 Å². The number of pyridine rings is 1. The number of hydrogen-bond donors (Lipinski definition) is 1. The largest absolute Gasteiger partial charge is 0.481 e. The molecule has 1 fully saturated rings. The van der Waals surface area contributed by atoms with Crippen molar-refractivity contribution < 1.29 is 9.53 Å². The summed E-state index contributed by atoms with van der Waals surface area (Å²) in [5, 5.41) is 3.41. The van der Waals surface area contributed by atoms with Crippen LogP contribution in [0, 0.1) is 0 Å². The maximum Gasteiger partial charge on any atom is 0.223 e. The van der Waals surface area contributed by atoms with Gasteiger partial charge >= 0.3 is 0 Å². The predicted octanol–water partition coefficient (Wildman–Crippen LogP) is 1.86. The lowest BCUT2D eigenvalue weighted by Gasteiger charge is -2.39. The summed E-state index contributed by atoms with van der Waals surface area (Å²) in [4.78, 5) is 25.6. The Bertz CT molecular complexity index is 751. The van der Waals surface area contributed by atoms with Gasteiger partial charge in [-0.25, -0.2) is 9.97 Å². The standard InChI is InChI=1S/C18H25N5O2S/c1-13(24)21-18-20-10-16(26-18)12-23-7-6-22(2)15(11-23)8-14-4-5-19-17(9-14)25-3/h4-5,9-10,15H,6-8,11-12H2,1-3H3,(H,20,21,24)/t15-/m0/s1. The van der Waals surface area contributed by atoms with Crippen LogP contribution in [-0.4, -0.2) is 65.5 Å². The molecule has 1 amide bonds. The molecule has 140 valence electrons. The molecule has 1 atom stereocenters. The number of likely N-dealkylation sites (N-methyl/N-ethyl adjacent to an activating group) is 1. The van der Waals surface area contributed by atoms with Crippen LogP contribution in [0.2, 0.25) is 0 Å². The molecule has 8 heteroatoms. The monoisotopic (exact) mass is 375 g/mol. The van der Waals surface area contributed by atoms with Gasteiger partial charge in [-0.2, -0.15) is 0 Å². The maximum absolute atomic E-state index is 11.1. The topological polar surface area (TPSA) is 70.6 Å². The first-order valence-electron chi connectivity index (χ1n) is 8.67. The lowest BCUT2D eigenvalue weighted by molar-refractivity contribution is -0.114. The first kappa shape index (κ1) is 18.8. The molecule has 0 bridgehead atoms. The van der Waals surface area contributed by atoms with Crippen LogP contribution in [0.25, 0.3) is 0 Å². The summed E-state index contributed by atoms with van der Waals surface area (Å²) in [7, 11) is 3.83. The highest BCUT2D eigenvalue weighted by molar-refractivity contribution is 7.15. The first-order valence-corrected chi connectivity index (χ1v) is 9.49. The average Bonchev–Trinajstić information content (AvgIpc) is 3.04. The first-order chi connectivity index (χ1) is 12.5. The molecule has 0 saturated carbocycles. The lowest BCUT2D eigenvalue weighted by Crippen LogP contribution is -2.51. The Hall–Kier alpha value is -2.03. The number of nitrogens with zero attached hydrogens (tertiary/aromatic N) is 4. The predicted molar refractivity (Wildman–Crippen MR) is 103 cm³/mol. The molecule has 0 unspecified atom stereocenters. The van der Waals surface area contributed by atoms with Gasteiger partial charge in [-0.15, -0.1) is 11.3 Å². The Morgan fingerprint density at radius 1 is 1.42 bits per heavy atom. The maximum atomic E-state index is 11.1. The van der Waals surface area contributed by atoms with E-state index in [0.29, 0.717) is 17.1 Å². The minimum absolute atomic E-state index is 0.0849. The summed E-state index contributed by atoms with van der Waals surface area (Å²) < 4.78 is 5.23. The average molecular weight is 375 g/mol. The van der Waals surface area contributed by atoms with E-state index in [9.17, 15) is 4.79 Å². The third kappa shape index (κ3) is 5.00. The van der Waals surface area contributed by atoms with Gasteiger partial charge in [0.2, 0.25) is 11.8 Å². The summed E-state index contributed by atoms with van der Waals surface area (Å²) in [6.07, 6.45) is 4.62. The van der Waals surface area contributed by atoms with E-state index in [1.54, 1.807) is 24.6 Å². The molecule has 1 aliphatic rings. The van der Waals surface area contributed by atoms with Gasteiger partial charge in [-0.3, -0.25) is 9.69 Å². The molecule has 1 aliphatic heterocycles. The third-order valence-electron chi connectivity index (χ3n) is 4.56. The van der Waals surface area contributed by atoms with Crippen molar-refractivity contribution in [1.29, 1.82) is 0 Å². The number of methoxy groups -OCH3 is 1. The van der Waals surface area contributed by atoms with Crippen LogP contribution in [0.15, 0.2) is 24.5 Å². The van der Waals surface area contributed by atoms with Crippen LogP contribution in [-0.2, 0) is 17.8 Å². The molecular weight excluding hydrogens is 350 g/mol. The Labute approximate surface area is 158 Å². The van der Waals surface area contributed by atoms with E-state index in [1.165, 1.54) is 17.4 Å². The van der Waals surface area contributed by atoms with E-state index in [2.05, 4.69) is 38.2 Å². The zero-order valence-electron chi connectivity index (χ0n) is 15.4. The van der Waals surface area contributed by atoms with E-state index < -0.39 is 0 Å². The second-order valence-electron chi connectivity index (χ2n) is 6.59. The van der Waals surface area contributed by atoms with Crippen LogP contribution < -0.4 is 10.1 Å². The molecule has 0 radical (unpaired) electrons. The molecule has 2 aromatic rings. The van der Waals surface area contributed by atoms with Gasteiger partial charge in [0.15, 0.2) is 5.13 Å². The van der Waals surface area contributed by atoms with Crippen molar-refractivity contribution in [2.24, 2.45) is 0 Å². The highest BCUT2D eigenvalue weighted by Crippen LogP contribution is 2.22. The number of thiazole rings is 1. The quantitative estimate of drug-likeness (QED) is 0.831. The summed E-state index contributed by atoms with van der Waals surface area (Å²) in [5.74, 6) is 0.575. The van der Waals surface area contributed by atoms with Crippen molar-refractivity contribution in [3.8, 4) is 5.88 Å². The smallest absolute Gasteiger partial charge is 0.223 e. The van der Waals surface area contributed by atoms with Gasteiger partial charge in [-0.1, -0.05) is 0 Å². The molecule has 26 heavy (non-hydrogen) atoms. The summed E-state index contributed by atoms with van der Waals surface area (Å²) in [6.45, 7) is 5.42. The fourth-order valence-electron chi connectivity index (χ4n) is 3.14. The normalized spacial score (nSPS) is 18.7. The number of nitrogens with one attached hydrogen (secondary N) is 1. The molecule has 0 aliphatic carbocycles. The zero-order chi connectivity index (χ0) is 18.5.